The van der Waals surface area contributed by atoms with Gasteiger partial charge in [0.25, 0.3) is 5.56 Å². The van der Waals surface area contributed by atoms with Crippen molar-refractivity contribution in [3.63, 3.8) is 0 Å². The van der Waals surface area contributed by atoms with E-state index >= 15 is 0 Å². The zero-order valence-corrected chi connectivity index (χ0v) is 27.6. The molecule has 0 bridgehead atoms. The Kier molecular flexibility index (Phi) is 11.2. The van der Waals surface area contributed by atoms with E-state index in [-0.39, 0.29) is 42.9 Å². The molecule has 0 aliphatic carbocycles. The standard InChI is InChI=1S/C34H41F2N3O5S/c1-7-34(2,3)21-39-31(41)29-26(18-37(4)15-16-43-5)30(23-13-11-22(12-14-23)17-24(40)20-44-6)45-32(29)38(33(39)42)19-25-27(35)9-8-10-28(25)36/h8-14H,7,15-21H2,1-6H3. The van der Waals surface area contributed by atoms with Crippen molar-refractivity contribution in [2.45, 2.75) is 53.2 Å². The van der Waals surface area contributed by atoms with Crippen molar-refractivity contribution in [1.29, 1.82) is 0 Å². The average Bonchev–Trinajstić information content (AvgIpc) is 3.37. The molecule has 8 nitrogen and oxygen atoms in total. The number of ketones is 1. The number of nitrogens with zero attached hydrogens (tertiary/aromatic N) is 3. The third-order valence-corrected chi connectivity index (χ3v) is 9.41. The average molecular weight is 642 g/mol. The van der Waals surface area contributed by atoms with Gasteiger partial charge in [0.2, 0.25) is 0 Å². The zero-order chi connectivity index (χ0) is 32.9. The monoisotopic (exact) mass is 641 g/mol. The van der Waals surface area contributed by atoms with Gasteiger partial charge in [-0.1, -0.05) is 51.1 Å². The fourth-order valence-corrected chi connectivity index (χ4v) is 6.47. The summed E-state index contributed by atoms with van der Waals surface area (Å²) in [6, 6.07) is 11.1. The lowest BCUT2D eigenvalue weighted by Gasteiger charge is -2.24. The highest BCUT2D eigenvalue weighted by molar-refractivity contribution is 7.22. The summed E-state index contributed by atoms with van der Waals surface area (Å²) in [7, 11) is 5.01. The molecule has 0 amide bonds. The topological polar surface area (TPSA) is 82.8 Å². The normalized spacial score (nSPS) is 12.0. The van der Waals surface area contributed by atoms with Gasteiger partial charge in [-0.2, -0.15) is 0 Å². The first-order valence-corrected chi connectivity index (χ1v) is 15.7. The van der Waals surface area contributed by atoms with Crippen molar-refractivity contribution in [2.75, 3.05) is 41.0 Å². The number of ether oxygens (including phenoxy) is 2. The number of likely N-dealkylation sites (N-methyl/N-ethyl adjacent to an activating group) is 1. The predicted octanol–water partition coefficient (Wildman–Crippen LogP) is 5.49. The number of benzene rings is 2. The summed E-state index contributed by atoms with van der Waals surface area (Å²) in [5.41, 5.74) is 0.647. The Hall–Kier alpha value is -3.51. The number of aromatic nitrogens is 2. The van der Waals surface area contributed by atoms with Crippen molar-refractivity contribution in [1.82, 2.24) is 14.0 Å². The second-order valence-corrected chi connectivity index (χ2v) is 13.1. The third-order valence-electron chi connectivity index (χ3n) is 8.10. The minimum Gasteiger partial charge on any atom is -0.383 e. The van der Waals surface area contributed by atoms with Crippen LogP contribution in [-0.4, -0.2) is 60.8 Å². The number of fused-ring (bicyclic) bond motifs is 1. The van der Waals surface area contributed by atoms with Gasteiger partial charge in [-0.15, -0.1) is 11.3 Å². The summed E-state index contributed by atoms with van der Waals surface area (Å²) >= 11 is 1.25. The Morgan fingerprint density at radius 1 is 0.978 bits per heavy atom. The second kappa shape index (κ2) is 14.7. The molecule has 0 aliphatic rings. The SMILES string of the molecule is CCC(C)(C)Cn1c(=O)c2c(CN(C)CCOC)c(-c3ccc(CC(=O)COC)cc3)sc2n(Cc2c(F)cccc2F)c1=O. The highest BCUT2D eigenvalue weighted by Crippen LogP contribution is 2.38. The van der Waals surface area contributed by atoms with Crippen molar-refractivity contribution < 1.29 is 23.0 Å². The van der Waals surface area contributed by atoms with E-state index in [4.69, 9.17) is 9.47 Å². The molecule has 0 radical (unpaired) electrons. The van der Waals surface area contributed by atoms with Crippen molar-refractivity contribution in [2.24, 2.45) is 5.41 Å². The zero-order valence-electron chi connectivity index (χ0n) is 26.7. The Bertz CT molecular complexity index is 1760. The van der Waals surface area contributed by atoms with E-state index in [0.29, 0.717) is 41.9 Å². The summed E-state index contributed by atoms with van der Waals surface area (Å²) in [5.74, 6) is -1.58. The first-order valence-electron chi connectivity index (χ1n) is 14.9. The minimum atomic E-state index is -0.767. The van der Waals surface area contributed by atoms with Gasteiger partial charge >= 0.3 is 5.69 Å². The quantitative estimate of drug-likeness (QED) is 0.171. The number of Topliss-reactive ketones (excluding diaryl/α,β-unsaturated/α-hetero) is 1. The van der Waals surface area contributed by atoms with Crippen molar-refractivity contribution in [3.8, 4) is 10.4 Å². The molecule has 0 N–H and O–H groups in total. The van der Waals surface area contributed by atoms with Gasteiger partial charge in [-0.05, 0) is 47.7 Å². The predicted molar refractivity (Wildman–Crippen MR) is 174 cm³/mol. The molecule has 2 aromatic carbocycles. The van der Waals surface area contributed by atoms with Gasteiger partial charge in [0.05, 0.1) is 18.5 Å². The first kappa shape index (κ1) is 34.4. The molecule has 0 unspecified atom stereocenters. The van der Waals surface area contributed by atoms with E-state index in [2.05, 4.69) is 0 Å². The van der Waals surface area contributed by atoms with Crippen LogP contribution in [0.2, 0.25) is 0 Å². The molecule has 4 aromatic rings. The number of rotatable bonds is 15. The smallest absolute Gasteiger partial charge is 0.332 e. The lowest BCUT2D eigenvalue weighted by atomic mass is 9.90. The molecule has 2 aromatic heterocycles. The van der Waals surface area contributed by atoms with Gasteiger partial charge in [0.15, 0.2) is 5.78 Å². The molecular formula is C34H41F2N3O5S. The van der Waals surface area contributed by atoms with Gasteiger partial charge in [-0.25, -0.2) is 13.6 Å². The molecular weight excluding hydrogens is 600 g/mol. The summed E-state index contributed by atoms with van der Waals surface area (Å²) in [4.78, 5) is 43.6. The molecule has 11 heteroatoms. The molecule has 0 fully saturated rings. The van der Waals surface area contributed by atoms with Crippen molar-refractivity contribution >= 4 is 27.3 Å². The summed E-state index contributed by atoms with van der Waals surface area (Å²) in [5, 5.41) is 0.349. The molecule has 0 atom stereocenters. The number of methoxy groups -OCH3 is 2. The Labute approximate surface area is 265 Å². The van der Waals surface area contributed by atoms with Crippen molar-refractivity contribution in [3.05, 3.63) is 91.6 Å². The molecule has 0 spiro atoms. The number of carbonyl (C=O) groups is 1. The summed E-state index contributed by atoms with van der Waals surface area (Å²) in [6.45, 7) is 7.16. The summed E-state index contributed by atoms with van der Waals surface area (Å²) < 4.78 is 42.6. The molecule has 0 saturated carbocycles. The lowest BCUT2D eigenvalue weighted by Crippen LogP contribution is -2.43. The fraction of sp³-hybridized carbons (Fsp3) is 0.441. The van der Waals surface area contributed by atoms with Gasteiger partial charge in [-0.3, -0.25) is 23.6 Å². The Balaban J connectivity index is 2.00. The molecule has 4 rings (SSSR count). The maximum absolute atomic E-state index is 14.9. The number of thiophene rings is 1. The van der Waals surface area contributed by atoms with Gasteiger partial charge < -0.3 is 9.47 Å². The largest absolute Gasteiger partial charge is 0.383 e. The van der Waals surface area contributed by atoms with Crippen LogP contribution in [-0.2, 0) is 40.3 Å². The number of carbonyl (C=O) groups excluding carboxylic acids is 1. The molecule has 0 aliphatic heterocycles. The van der Waals surface area contributed by atoms with E-state index < -0.39 is 22.9 Å². The minimum absolute atomic E-state index is 0.0251. The van der Waals surface area contributed by atoms with E-state index in [9.17, 15) is 23.2 Å². The third kappa shape index (κ3) is 7.84. The Morgan fingerprint density at radius 3 is 2.24 bits per heavy atom. The van der Waals surface area contributed by atoms with Gasteiger partial charge in [0, 0.05) is 50.7 Å². The van der Waals surface area contributed by atoms with Crippen LogP contribution in [0.4, 0.5) is 8.78 Å². The number of hydrogen-bond donors (Lipinski definition) is 0. The van der Waals surface area contributed by atoms with Crippen LogP contribution >= 0.6 is 11.3 Å². The molecule has 0 saturated heterocycles. The maximum atomic E-state index is 14.9. The van der Waals surface area contributed by atoms with E-state index in [0.717, 1.165) is 28.1 Å². The molecule has 242 valence electrons. The maximum Gasteiger partial charge on any atom is 0.332 e. The van der Waals surface area contributed by atoms with Crippen LogP contribution in [0.1, 0.15) is 43.9 Å². The highest BCUT2D eigenvalue weighted by atomic mass is 32.1. The lowest BCUT2D eigenvalue weighted by molar-refractivity contribution is -0.121. The van der Waals surface area contributed by atoms with Crippen LogP contribution in [0.25, 0.3) is 20.7 Å². The second-order valence-electron chi connectivity index (χ2n) is 12.1. The van der Waals surface area contributed by atoms with E-state index in [1.807, 2.05) is 57.0 Å². The molecule has 2 heterocycles. The van der Waals surface area contributed by atoms with Crippen LogP contribution in [0.5, 0.6) is 0 Å². The fourth-order valence-electron chi connectivity index (χ4n) is 5.17. The molecule has 45 heavy (non-hydrogen) atoms. The van der Waals surface area contributed by atoms with E-state index in [1.165, 1.54) is 33.6 Å². The Morgan fingerprint density at radius 2 is 1.64 bits per heavy atom. The van der Waals surface area contributed by atoms with Crippen LogP contribution in [0.3, 0.4) is 0 Å². The number of hydrogen-bond acceptors (Lipinski definition) is 7. The first-order chi connectivity index (χ1) is 21.4. The number of halogens is 2. The summed E-state index contributed by atoms with van der Waals surface area (Å²) in [6.07, 6.45) is 0.929. The van der Waals surface area contributed by atoms with Gasteiger partial charge in [0.1, 0.15) is 23.1 Å². The van der Waals surface area contributed by atoms with Crippen LogP contribution < -0.4 is 11.2 Å². The van der Waals surface area contributed by atoms with E-state index in [1.54, 1.807) is 7.11 Å². The van der Waals surface area contributed by atoms with Crippen LogP contribution in [0, 0.1) is 17.0 Å². The highest BCUT2D eigenvalue weighted by Gasteiger charge is 2.27. The van der Waals surface area contributed by atoms with Crippen LogP contribution in [0.15, 0.2) is 52.1 Å².